The number of rotatable bonds is 5. The van der Waals surface area contributed by atoms with Gasteiger partial charge in [0.05, 0.1) is 18.9 Å². The van der Waals surface area contributed by atoms with E-state index < -0.39 is 0 Å². The topological polar surface area (TPSA) is 64.4 Å². The smallest absolute Gasteiger partial charge is 0.256 e. The molecule has 5 nitrogen and oxygen atoms in total. The average Bonchev–Trinajstić information content (AvgIpc) is 3.24. The SMILES string of the molecule is COc1cccc(NC(=O)c2ccccc2-c2ncc(-c3ccc(C)cc3)o2)c1. The van der Waals surface area contributed by atoms with Gasteiger partial charge >= 0.3 is 0 Å². The second-order valence-electron chi connectivity index (χ2n) is 6.63. The monoisotopic (exact) mass is 384 g/mol. The minimum Gasteiger partial charge on any atom is -0.497 e. The number of nitrogens with zero attached hydrogens (tertiary/aromatic N) is 1. The molecule has 1 aromatic heterocycles. The van der Waals surface area contributed by atoms with E-state index in [1.54, 1.807) is 25.4 Å². The summed E-state index contributed by atoms with van der Waals surface area (Å²) in [7, 11) is 1.59. The van der Waals surface area contributed by atoms with E-state index in [4.69, 9.17) is 9.15 Å². The molecular formula is C24H20N2O3. The van der Waals surface area contributed by atoms with Gasteiger partial charge in [0.2, 0.25) is 5.89 Å². The summed E-state index contributed by atoms with van der Waals surface area (Å²) in [4.78, 5) is 17.3. The van der Waals surface area contributed by atoms with E-state index in [1.807, 2.05) is 67.6 Å². The van der Waals surface area contributed by atoms with E-state index in [-0.39, 0.29) is 5.91 Å². The fraction of sp³-hybridized carbons (Fsp3) is 0.0833. The number of ether oxygens (including phenoxy) is 1. The molecule has 0 saturated heterocycles. The van der Waals surface area contributed by atoms with Gasteiger partial charge in [0.15, 0.2) is 5.76 Å². The van der Waals surface area contributed by atoms with Crippen molar-refractivity contribution in [3.63, 3.8) is 0 Å². The Labute approximate surface area is 169 Å². The third-order valence-electron chi connectivity index (χ3n) is 4.57. The van der Waals surface area contributed by atoms with E-state index in [1.165, 1.54) is 5.56 Å². The first kappa shape index (κ1) is 18.5. The summed E-state index contributed by atoms with van der Waals surface area (Å²) < 4.78 is 11.2. The number of carbonyl (C=O) groups excluding carboxylic acids is 1. The van der Waals surface area contributed by atoms with Crippen LogP contribution in [0.3, 0.4) is 0 Å². The Morgan fingerprint density at radius 2 is 1.79 bits per heavy atom. The van der Waals surface area contributed by atoms with E-state index in [0.29, 0.717) is 34.2 Å². The molecule has 1 N–H and O–H groups in total. The zero-order valence-electron chi connectivity index (χ0n) is 16.2. The number of amides is 1. The highest BCUT2D eigenvalue weighted by Crippen LogP contribution is 2.29. The average molecular weight is 384 g/mol. The summed E-state index contributed by atoms with van der Waals surface area (Å²) in [6.45, 7) is 2.03. The summed E-state index contributed by atoms with van der Waals surface area (Å²) in [6.07, 6.45) is 1.68. The highest BCUT2D eigenvalue weighted by molar-refractivity contribution is 6.08. The molecule has 1 amide bonds. The number of hydrogen-bond donors (Lipinski definition) is 1. The van der Waals surface area contributed by atoms with Gasteiger partial charge in [-0.1, -0.05) is 48.0 Å². The Hall–Kier alpha value is -3.86. The molecule has 29 heavy (non-hydrogen) atoms. The maximum atomic E-state index is 12.9. The van der Waals surface area contributed by atoms with Gasteiger partial charge in [0.1, 0.15) is 5.75 Å². The Morgan fingerprint density at radius 3 is 2.59 bits per heavy atom. The third kappa shape index (κ3) is 4.04. The lowest BCUT2D eigenvalue weighted by Crippen LogP contribution is -2.13. The normalized spacial score (nSPS) is 10.6. The molecule has 4 rings (SSSR count). The second-order valence-corrected chi connectivity index (χ2v) is 6.63. The molecule has 3 aromatic carbocycles. The van der Waals surface area contributed by atoms with Crippen LogP contribution >= 0.6 is 0 Å². The second kappa shape index (κ2) is 8.02. The van der Waals surface area contributed by atoms with Crippen molar-refractivity contribution in [2.24, 2.45) is 0 Å². The first-order chi connectivity index (χ1) is 14.1. The number of aromatic nitrogens is 1. The first-order valence-electron chi connectivity index (χ1n) is 9.22. The van der Waals surface area contributed by atoms with Gasteiger partial charge in [0.25, 0.3) is 5.91 Å². The highest BCUT2D eigenvalue weighted by atomic mass is 16.5. The van der Waals surface area contributed by atoms with Crippen molar-refractivity contribution in [2.75, 3.05) is 12.4 Å². The summed E-state index contributed by atoms with van der Waals surface area (Å²) in [5.41, 5.74) is 3.87. The van der Waals surface area contributed by atoms with Crippen molar-refractivity contribution < 1.29 is 13.9 Å². The van der Waals surface area contributed by atoms with Crippen LogP contribution in [0.15, 0.2) is 83.4 Å². The summed E-state index contributed by atoms with van der Waals surface area (Å²) in [6, 6.07) is 22.5. The van der Waals surface area contributed by atoms with Crippen molar-refractivity contribution >= 4 is 11.6 Å². The summed E-state index contributed by atoms with van der Waals surface area (Å²) in [5.74, 6) is 1.48. The van der Waals surface area contributed by atoms with Gasteiger partial charge in [-0.05, 0) is 31.2 Å². The van der Waals surface area contributed by atoms with Crippen LogP contribution in [0.2, 0.25) is 0 Å². The van der Waals surface area contributed by atoms with Crippen LogP contribution in [0, 0.1) is 6.92 Å². The molecule has 0 aliphatic carbocycles. The molecule has 0 aliphatic rings. The Bertz CT molecular complexity index is 1150. The molecule has 5 heteroatoms. The third-order valence-corrected chi connectivity index (χ3v) is 4.57. The molecule has 0 saturated carbocycles. The molecule has 0 bridgehead atoms. The molecule has 144 valence electrons. The number of carbonyl (C=O) groups is 1. The number of hydrogen-bond acceptors (Lipinski definition) is 4. The van der Waals surface area contributed by atoms with Gasteiger partial charge < -0.3 is 14.5 Å². The summed E-state index contributed by atoms with van der Waals surface area (Å²) >= 11 is 0. The van der Waals surface area contributed by atoms with Crippen LogP contribution in [0.4, 0.5) is 5.69 Å². The highest BCUT2D eigenvalue weighted by Gasteiger charge is 2.17. The lowest BCUT2D eigenvalue weighted by atomic mass is 10.1. The van der Waals surface area contributed by atoms with Crippen molar-refractivity contribution in [2.45, 2.75) is 6.92 Å². The van der Waals surface area contributed by atoms with Gasteiger partial charge in [-0.25, -0.2) is 4.98 Å². The number of anilines is 1. The fourth-order valence-corrected chi connectivity index (χ4v) is 3.02. The van der Waals surface area contributed by atoms with Gasteiger partial charge in [-0.2, -0.15) is 0 Å². The Kier molecular flexibility index (Phi) is 5.12. The van der Waals surface area contributed by atoms with Crippen LogP contribution < -0.4 is 10.1 Å². The molecule has 0 spiro atoms. The number of benzene rings is 3. The van der Waals surface area contributed by atoms with E-state index in [0.717, 1.165) is 5.56 Å². The molecule has 0 atom stereocenters. The van der Waals surface area contributed by atoms with E-state index in [2.05, 4.69) is 10.3 Å². The van der Waals surface area contributed by atoms with Gasteiger partial charge in [-0.3, -0.25) is 4.79 Å². The molecule has 0 fully saturated rings. The van der Waals surface area contributed by atoms with Crippen LogP contribution in [0.5, 0.6) is 5.75 Å². The minimum atomic E-state index is -0.246. The van der Waals surface area contributed by atoms with Crippen LogP contribution in [0.1, 0.15) is 15.9 Å². The zero-order valence-corrected chi connectivity index (χ0v) is 16.2. The Morgan fingerprint density at radius 1 is 1.00 bits per heavy atom. The number of methoxy groups -OCH3 is 1. The molecule has 0 aliphatic heterocycles. The maximum Gasteiger partial charge on any atom is 0.256 e. The lowest BCUT2D eigenvalue weighted by molar-refractivity contribution is 0.102. The molecule has 4 aromatic rings. The number of aryl methyl sites for hydroxylation is 1. The van der Waals surface area contributed by atoms with Gasteiger partial charge in [0, 0.05) is 22.9 Å². The first-order valence-corrected chi connectivity index (χ1v) is 9.22. The quantitative estimate of drug-likeness (QED) is 0.488. The van der Waals surface area contributed by atoms with Crippen LogP contribution in [-0.2, 0) is 0 Å². The standard InChI is InChI=1S/C24H20N2O3/c1-16-10-12-17(13-11-16)22-15-25-24(29-22)21-9-4-3-8-20(21)23(27)26-18-6-5-7-19(14-18)28-2/h3-15H,1-2H3,(H,26,27). The Balaban J connectivity index is 1.63. The van der Waals surface area contributed by atoms with Crippen molar-refractivity contribution in [3.8, 4) is 28.5 Å². The van der Waals surface area contributed by atoms with Crippen LogP contribution in [-0.4, -0.2) is 18.0 Å². The molecule has 0 radical (unpaired) electrons. The summed E-state index contributed by atoms with van der Waals surface area (Å²) in [5, 5.41) is 2.90. The minimum absolute atomic E-state index is 0.246. The molecular weight excluding hydrogens is 364 g/mol. The fourth-order valence-electron chi connectivity index (χ4n) is 3.02. The van der Waals surface area contributed by atoms with E-state index >= 15 is 0 Å². The van der Waals surface area contributed by atoms with Gasteiger partial charge in [-0.15, -0.1) is 0 Å². The maximum absolute atomic E-state index is 12.9. The van der Waals surface area contributed by atoms with E-state index in [9.17, 15) is 4.79 Å². The number of nitrogens with one attached hydrogen (secondary N) is 1. The lowest BCUT2D eigenvalue weighted by Gasteiger charge is -2.09. The van der Waals surface area contributed by atoms with Crippen molar-refractivity contribution in [1.82, 2.24) is 4.98 Å². The largest absolute Gasteiger partial charge is 0.497 e. The predicted octanol–water partition coefficient (Wildman–Crippen LogP) is 5.58. The predicted molar refractivity (Wildman–Crippen MR) is 113 cm³/mol. The van der Waals surface area contributed by atoms with Crippen LogP contribution in [0.25, 0.3) is 22.8 Å². The molecule has 1 heterocycles. The molecule has 0 unspecified atom stereocenters. The number of oxazole rings is 1. The van der Waals surface area contributed by atoms with Crippen molar-refractivity contribution in [3.05, 3.63) is 90.1 Å². The van der Waals surface area contributed by atoms with Crippen molar-refractivity contribution in [1.29, 1.82) is 0 Å². The zero-order chi connectivity index (χ0) is 20.2.